The average Bonchev–Trinajstić information content (AvgIpc) is 3.50. The highest BCUT2D eigenvalue weighted by atomic mass is 32.1. The van der Waals surface area contributed by atoms with Crippen LogP contribution in [0.2, 0.25) is 0 Å². The third kappa shape index (κ3) is 6.18. The van der Waals surface area contributed by atoms with Crippen LogP contribution in [0.3, 0.4) is 0 Å². The van der Waals surface area contributed by atoms with Gasteiger partial charge in [0.2, 0.25) is 5.91 Å². The van der Waals surface area contributed by atoms with Crippen LogP contribution >= 0.6 is 11.3 Å². The van der Waals surface area contributed by atoms with Crippen molar-refractivity contribution in [1.29, 1.82) is 0 Å². The van der Waals surface area contributed by atoms with E-state index in [1.165, 1.54) is 10.9 Å². The number of thiophene rings is 1. The minimum atomic E-state index is -0.946. The molecule has 0 fully saturated rings. The standard InChI is InChI=1S/C28H30N2O4S/c1-3-34-26(28(32)33)14-19-8-10-20(11-9-19)22-15-23(35-18-22)17-30(2)27(31)13-12-21-16-29-25-7-5-4-6-24(21)25/h4-11,15-16,18,26,29H,3,12-14,17H2,1-2H3,(H,32,33). The van der Waals surface area contributed by atoms with Crippen molar-refractivity contribution in [2.45, 2.75) is 38.8 Å². The van der Waals surface area contributed by atoms with Crippen molar-refractivity contribution in [2.24, 2.45) is 0 Å². The zero-order valence-electron chi connectivity index (χ0n) is 20.0. The zero-order valence-corrected chi connectivity index (χ0v) is 20.8. The van der Waals surface area contributed by atoms with E-state index in [0.717, 1.165) is 27.1 Å². The van der Waals surface area contributed by atoms with Crippen LogP contribution in [0.1, 0.15) is 29.3 Å². The molecule has 0 bridgehead atoms. The predicted molar refractivity (Wildman–Crippen MR) is 140 cm³/mol. The Morgan fingerprint density at radius 1 is 1.11 bits per heavy atom. The SMILES string of the molecule is CCOC(Cc1ccc(-c2csc(CN(C)C(=O)CCc3c[nH]c4ccccc34)c2)cc1)C(=O)O. The number of ether oxygens (including phenoxy) is 1. The molecule has 0 saturated heterocycles. The Balaban J connectivity index is 1.32. The summed E-state index contributed by atoms with van der Waals surface area (Å²) in [5.74, 6) is -0.824. The Morgan fingerprint density at radius 2 is 1.89 bits per heavy atom. The molecule has 182 valence electrons. The summed E-state index contributed by atoms with van der Waals surface area (Å²) in [5, 5.41) is 12.5. The second-order valence-electron chi connectivity index (χ2n) is 8.59. The number of carboxylic acids is 1. The summed E-state index contributed by atoms with van der Waals surface area (Å²) in [4.78, 5) is 30.2. The fourth-order valence-electron chi connectivity index (χ4n) is 4.17. The fourth-order valence-corrected chi connectivity index (χ4v) is 5.12. The molecule has 2 N–H and O–H groups in total. The number of aromatic amines is 1. The maximum absolute atomic E-state index is 12.7. The Morgan fingerprint density at radius 3 is 2.63 bits per heavy atom. The van der Waals surface area contributed by atoms with Gasteiger partial charge in [-0.1, -0.05) is 42.5 Å². The molecule has 0 radical (unpaired) electrons. The van der Waals surface area contributed by atoms with E-state index in [-0.39, 0.29) is 5.91 Å². The van der Waals surface area contributed by atoms with E-state index in [2.05, 4.69) is 22.5 Å². The first-order chi connectivity index (χ1) is 16.9. The van der Waals surface area contributed by atoms with Crippen LogP contribution in [0.15, 0.2) is 66.2 Å². The van der Waals surface area contributed by atoms with Gasteiger partial charge in [-0.05, 0) is 53.1 Å². The number of hydrogen-bond donors (Lipinski definition) is 2. The summed E-state index contributed by atoms with van der Waals surface area (Å²) in [6.07, 6.45) is 2.68. The molecule has 7 heteroatoms. The van der Waals surface area contributed by atoms with Crippen LogP contribution in [0.5, 0.6) is 0 Å². The first-order valence-corrected chi connectivity index (χ1v) is 12.6. The number of carbonyl (C=O) groups is 2. The van der Waals surface area contributed by atoms with E-state index < -0.39 is 12.1 Å². The summed E-state index contributed by atoms with van der Waals surface area (Å²) in [7, 11) is 1.85. The van der Waals surface area contributed by atoms with Gasteiger partial charge in [0.15, 0.2) is 6.10 Å². The minimum absolute atomic E-state index is 0.122. The molecule has 2 heterocycles. The van der Waals surface area contributed by atoms with Gasteiger partial charge in [0.25, 0.3) is 0 Å². The quantitative estimate of drug-likeness (QED) is 0.290. The number of rotatable bonds is 11. The van der Waals surface area contributed by atoms with E-state index in [1.54, 1.807) is 23.2 Å². The van der Waals surface area contributed by atoms with Gasteiger partial charge in [0.1, 0.15) is 0 Å². The van der Waals surface area contributed by atoms with E-state index in [4.69, 9.17) is 4.74 Å². The van der Waals surface area contributed by atoms with E-state index in [9.17, 15) is 14.7 Å². The molecule has 2 aromatic heterocycles. The molecule has 2 aromatic carbocycles. The van der Waals surface area contributed by atoms with Crippen molar-refractivity contribution in [3.63, 3.8) is 0 Å². The van der Waals surface area contributed by atoms with Gasteiger partial charge in [0, 0.05) is 48.5 Å². The third-order valence-electron chi connectivity index (χ3n) is 6.11. The smallest absolute Gasteiger partial charge is 0.333 e. The Bertz CT molecular complexity index is 1290. The van der Waals surface area contributed by atoms with Gasteiger partial charge in [-0.15, -0.1) is 11.3 Å². The molecule has 6 nitrogen and oxygen atoms in total. The number of nitrogens with one attached hydrogen (secondary N) is 1. The van der Waals surface area contributed by atoms with Crippen molar-refractivity contribution in [3.05, 3.63) is 82.2 Å². The predicted octanol–water partition coefficient (Wildman–Crippen LogP) is 5.52. The molecule has 0 spiro atoms. The molecule has 0 saturated carbocycles. The highest BCUT2D eigenvalue weighted by molar-refractivity contribution is 7.10. The van der Waals surface area contributed by atoms with E-state index in [0.29, 0.717) is 32.4 Å². The summed E-state index contributed by atoms with van der Waals surface area (Å²) < 4.78 is 5.31. The largest absolute Gasteiger partial charge is 0.479 e. The average molecular weight is 491 g/mol. The minimum Gasteiger partial charge on any atom is -0.479 e. The van der Waals surface area contributed by atoms with Crippen molar-refractivity contribution < 1.29 is 19.4 Å². The molecule has 0 aliphatic rings. The fraction of sp³-hybridized carbons (Fsp3) is 0.286. The second kappa shape index (κ2) is 11.3. The van der Waals surface area contributed by atoms with Crippen LogP contribution in [-0.2, 0) is 33.7 Å². The number of fused-ring (bicyclic) bond motifs is 1. The highest BCUT2D eigenvalue weighted by Crippen LogP contribution is 2.27. The number of para-hydroxylation sites is 1. The Labute approximate surface area is 209 Å². The maximum Gasteiger partial charge on any atom is 0.333 e. The lowest BCUT2D eigenvalue weighted by Gasteiger charge is -2.16. The normalized spacial score (nSPS) is 12.1. The molecule has 0 aliphatic heterocycles. The van der Waals surface area contributed by atoms with E-state index >= 15 is 0 Å². The molecular weight excluding hydrogens is 460 g/mol. The lowest BCUT2D eigenvalue weighted by atomic mass is 10.0. The third-order valence-corrected chi connectivity index (χ3v) is 7.03. The summed E-state index contributed by atoms with van der Waals surface area (Å²) in [6.45, 7) is 2.73. The summed E-state index contributed by atoms with van der Waals surface area (Å²) in [6, 6.07) is 18.2. The molecule has 1 amide bonds. The number of hydrogen-bond acceptors (Lipinski definition) is 4. The molecule has 1 unspecified atom stereocenters. The maximum atomic E-state index is 12.7. The van der Waals surface area contributed by atoms with Gasteiger partial charge < -0.3 is 19.7 Å². The number of benzene rings is 2. The molecule has 35 heavy (non-hydrogen) atoms. The van der Waals surface area contributed by atoms with Crippen LogP contribution in [0, 0.1) is 0 Å². The summed E-state index contributed by atoms with van der Waals surface area (Å²) >= 11 is 1.64. The lowest BCUT2D eigenvalue weighted by molar-refractivity contribution is -0.150. The van der Waals surface area contributed by atoms with Crippen LogP contribution in [0.4, 0.5) is 0 Å². The number of amides is 1. The van der Waals surface area contributed by atoms with Crippen LogP contribution < -0.4 is 0 Å². The first-order valence-electron chi connectivity index (χ1n) is 11.7. The number of H-pyrrole nitrogens is 1. The lowest BCUT2D eigenvalue weighted by Crippen LogP contribution is -2.26. The highest BCUT2D eigenvalue weighted by Gasteiger charge is 2.18. The topological polar surface area (TPSA) is 82.6 Å². The van der Waals surface area contributed by atoms with Gasteiger partial charge >= 0.3 is 5.97 Å². The number of nitrogens with zero attached hydrogens (tertiary/aromatic N) is 1. The number of carbonyl (C=O) groups excluding carboxylic acids is 1. The van der Waals surface area contributed by atoms with Crippen molar-refractivity contribution in [3.8, 4) is 11.1 Å². The van der Waals surface area contributed by atoms with Gasteiger partial charge in [0.05, 0.1) is 6.54 Å². The van der Waals surface area contributed by atoms with E-state index in [1.807, 2.05) is 55.7 Å². The molecule has 1 atom stereocenters. The molecular formula is C28H30N2O4S. The van der Waals surface area contributed by atoms with Crippen molar-refractivity contribution in [2.75, 3.05) is 13.7 Å². The number of aryl methyl sites for hydroxylation is 1. The molecule has 0 aliphatic carbocycles. The second-order valence-corrected chi connectivity index (χ2v) is 9.59. The van der Waals surface area contributed by atoms with Gasteiger partial charge in [-0.3, -0.25) is 4.79 Å². The number of aromatic nitrogens is 1. The first kappa shape index (κ1) is 24.7. The van der Waals surface area contributed by atoms with Crippen molar-refractivity contribution >= 4 is 34.1 Å². The monoisotopic (exact) mass is 490 g/mol. The zero-order chi connectivity index (χ0) is 24.8. The van der Waals surface area contributed by atoms with Crippen LogP contribution in [-0.4, -0.2) is 46.6 Å². The number of aliphatic carboxylic acids is 1. The number of carboxylic acid groups (broad SMARTS) is 1. The Kier molecular flexibility index (Phi) is 8.00. The Hall–Kier alpha value is -3.42. The van der Waals surface area contributed by atoms with Gasteiger partial charge in [-0.2, -0.15) is 0 Å². The van der Waals surface area contributed by atoms with Gasteiger partial charge in [-0.25, -0.2) is 4.79 Å². The molecule has 4 rings (SSSR count). The molecule has 4 aromatic rings. The van der Waals surface area contributed by atoms with Crippen molar-refractivity contribution in [1.82, 2.24) is 9.88 Å². The summed E-state index contributed by atoms with van der Waals surface area (Å²) in [5.41, 5.74) is 5.34. The van der Waals surface area contributed by atoms with Crippen LogP contribution in [0.25, 0.3) is 22.0 Å².